The fraction of sp³-hybridized carbons (Fsp3) is 0.474. The zero-order valence-electron chi connectivity index (χ0n) is 15.6. The van der Waals surface area contributed by atoms with Crippen LogP contribution < -0.4 is 15.2 Å². The fourth-order valence-corrected chi connectivity index (χ4v) is 5.52. The van der Waals surface area contributed by atoms with Gasteiger partial charge in [0.25, 0.3) is 0 Å². The van der Waals surface area contributed by atoms with Gasteiger partial charge in [-0.05, 0) is 60.8 Å². The Kier molecular flexibility index (Phi) is 4.17. The highest BCUT2D eigenvalue weighted by atomic mass is 32.2. The molecule has 0 saturated carbocycles. The van der Waals surface area contributed by atoms with Gasteiger partial charge in [0.2, 0.25) is 5.88 Å². The molecule has 9 heteroatoms. The normalized spacial score (nSPS) is 19.2. The summed E-state index contributed by atoms with van der Waals surface area (Å²) in [7, 11) is -3.45. The van der Waals surface area contributed by atoms with E-state index in [-0.39, 0.29) is 4.90 Å². The zero-order valence-corrected chi connectivity index (χ0v) is 16.4. The first-order valence-electron chi connectivity index (χ1n) is 9.74. The standard InChI is InChI=1S/C19H23N5O3S/c20-28(26,16-11-21-24-8-3-9-27-18(16)24)23-19(25)22-17-14-6-1-4-12(14)10-13-5-2-7-15(13)17/h10-11H,1-9H2,(H3,20,22,23,25,26). The number of rotatable bonds is 2. The lowest BCUT2D eigenvalue weighted by Crippen LogP contribution is -2.21. The first-order chi connectivity index (χ1) is 13.5. The number of nitrogens with zero attached hydrogens (tertiary/aromatic N) is 3. The van der Waals surface area contributed by atoms with Crippen molar-refractivity contribution < 1.29 is 13.7 Å². The summed E-state index contributed by atoms with van der Waals surface area (Å²) in [6.45, 7) is 1.17. The summed E-state index contributed by atoms with van der Waals surface area (Å²) in [5.74, 6) is 0.344. The number of nitrogens with two attached hydrogens (primary N) is 1. The highest BCUT2D eigenvalue weighted by molar-refractivity contribution is 7.91. The number of benzene rings is 1. The van der Waals surface area contributed by atoms with E-state index in [1.165, 1.54) is 28.5 Å². The topological polar surface area (TPSA) is 112 Å². The lowest BCUT2D eigenvalue weighted by molar-refractivity contribution is 0.224. The quantitative estimate of drug-likeness (QED) is 0.805. The smallest absolute Gasteiger partial charge is 0.354 e. The van der Waals surface area contributed by atoms with E-state index in [0.717, 1.165) is 50.6 Å². The summed E-state index contributed by atoms with van der Waals surface area (Å²) in [6, 6.07) is 1.61. The van der Waals surface area contributed by atoms with Gasteiger partial charge in [0.1, 0.15) is 4.90 Å². The molecule has 2 aliphatic carbocycles. The molecule has 0 spiro atoms. The number of aryl methyl sites for hydroxylation is 3. The Hall–Kier alpha value is -2.39. The molecule has 3 aliphatic rings. The van der Waals surface area contributed by atoms with Crippen LogP contribution in [-0.2, 0) is 42.1 Å². The van der Waals surface area contributed by atoms with Crippen LogP contribution in [0.25, 0.3) is 0 Å². The maximum absolute atomic E-state index is 13.0. The second kappa shape index (κ2) is 6.59. The molecule has 8 nitrogen and oxygen atoms in total. The summed E-state index contributed by atoms with van der Waals surface area (Å²) in [6.07, 6.45) is 8.35. The number of carbonyl (C=O) groups is 1. The molecule has 0 saturated heterocycles. The maximum Gasteiger partial charge on any atom is 0.354 e. The average Bonchev–Trinajstić information content (AvgIpc) is 3.39. The number of anilines is 1. The first kappa shape index (κ1) is 17.7. The predicted octanol–water partition coefficient (Wildman–Crippen LogP) is 2.58. The SMILES string of the molecule is NS(=O)(=NC(=O)Nc1c2c(cc3c1CCC3)CCC2)c1cnn2c1OCCC2. The van der Waals surface area contributed by atoms with Gasteiger partial charge in [0.05, 0.1) is 12.8 Å². The molecule has 1 aliphatic heterocycles. The van der Waals surface area contributed by atoms with Crippen LogP contribution in [0.2, 0.25) is 0 Å². The van der Waals surface area contributed by atoms with Crippen molar-refractivity contribution in [1.82, 2.24) is 9.78 Å². The van der Waals surface area contributed by atoms with Gasteiger partial charge < -0.3 is 10.1 Å². The highest BCUT2D eigenvalue weighted by Crippen LogP contribution is 2.38. The Morgan fingerprint density at radius 2 is 1.89 bits per heavy atom. The van der Waals surface area contributed by atoms with Crippen LogP contribution in [0.4, 0.5) is 10.5 Å². The third-order valence-electron chi connectivity index (χ3n) is 5.75. The van der Waals surface area contributed by atoms with E-state index in [2.05, 4.69) is 20.8 Å². The molecule has 5 rings (SSSR count). The minimum absolute atomic E-state index is 0.172. The van der Waals surface area contributed by atoms with Gasteiger partial charge in [0.15, 0.2) is 9.92 Å². The molecule has 2 aromatic rings. The molecule has 3 N–H and O–H groups in total. The van der Waals surface area contributed by atoms with E-state index in [9.17, 15) is 9.00 Å². The Bertz CT molecular complexity index is 1070. The van der Waals surface area contributed by atoms with Gasteiger partial charge >= 0.3 is 6.03 Å². The van der Waals surface area contributed by atoms with Gasteiger partial charge in [-0.15, -0.1) is 4.36 Å². The van der Waals surface area contributed by atoms with E-state index >= 15 is 0 Å². The van der Waals surface area contributed by atoms with Crippen LogP contribution in [0.3, 0.4) is 0 Å². The van der Waals surface area contributed by atoms with Crippen LogP contribution in [0, 0.1) is 0 Å². The third-order valence-corrected chi connectivity index (χ3v) is 7.10. The number of ether oxygens (including phenoxy) is 1. The van der Waals surface area contributed by atoms with Crippen molar-refractivity contribution in [3.63, 3.8) is 0 Å². The molecule has 1 aromatic heterocycles. The van der Waals surface area contributed by atoms with Crippen LogP contribution in [-0.4, -0.2) is 26.6 Å². The van der Waals surface area contributed by atoms with E-state index in [0.29, 0.717) is 19.0 Å². The number of urea groups is 1. The van der Waals surface area contributed by atoms with E-state index < -0.39 is 15.9 Å². The molecule has 148 valence electrons. The molecule has 0 bridgehead atoms. The van der Waals surface area contributed by atoms with Crippen molar-refractivity contribution in [2.45, 2.75) is 56.4 Å². The second-order valence-corrected chi connectivity index (χ2v) is 9.32. The molecule has 0 radical (unpaired) electrons. The van der Waals surface area contributed by atoms with Crippen molar-refractivity contribution in [1.29, 1.82) is 0 Å². The first-order valence-corrected chi connectivity index (χ1v) is 11.3. The summed E-state index contributed by atoms with van der Waals surface area (Å²) >= 11 is 0. The molecule has 1 atom stereocenters. The predicted molar refractivity (Wildman–Crippen MR) is 105 cm³/mol. The Morgan fingerprint density at radius 3 is 2.61 bits per heavy atom. The van der Waals surface area contributed by atoms with Gasteiger partial charge in [-0.1, -0.05) is 6.07 Å². The fourth-order valence-electron chi connectivity index (χ4n) is 4.51. The van der Waals surface area contributed by atoms with Crippen LogP contribution in [0.5, 0.6) is 5.88 Å². The van der Waals surface area contributed by atoms with Crippen molar-refractivity contribution in [2.24, 2.45) is 9.50 Å². The van der Waals surface area contributed by atoms with Crippen LogP contribution in [0.15, 0.2) is 21.5 Å². The van der Waals surface area contributed by atoms with E-state index in [4.69, 9.17) is 9.88 Å². The van der Waals surface area contributed by atoms with E-state index in [1.807, 2.05) is 0 Å². The number of aromatic nitrogens is 2. The summed E-state index contributed by atoms with van der Waals surface area (Å²) in [4.78, 5) is 12.9. The van der Waals surface area contributed by atoms with Gasteiger partial charge in [0, 0.05) is 18.7 Å². The van der Waals surface area contributed by atoms with Gasteiger partial charge in [-0.25, -0.2) is 18.8 Å². The number of hydrogen-bond acceptors (Lipinski definition) is 4. The van der Waals surface area contributed by atoms with Crippen molar-refractivity contribution in [2.75, 3.05) is 11.9 Å². The summed E-state index contributed by atoms with van der Waals surface area (Å²) < 4.78 is 24.0. The minimum atomic E-state index is -3.45. The molecule has 2 heterocycles. The second-order valence-electron chi connectivity index (χ2n) is 7.56. The number of fused-ring (bicyclic) bond motifs is 3. The Labute approximate surface area is 163 Å². The number of nitrogens with one attached hydrogen (secondary N) is 1. The molecule has 0 fully saturated rings. The molecule has 2 amide bonds. The lowest BCUT2D eigenvalue weighted by Gasteiger charge is -2.16. The highest BCUT2D eigenvalue weighted by Gasteiger charge is 2.27. The molecular formula is C19H23N5O3S. The molecule has 1 unspecified atom stereocenters. The minimum Gasteiger partial charge on any atom is -0.477 e. The summed E-state index contributed by atoms with van der Waals surface area (Å²) in [5.41, 5.74) is 5.87. The van der Waals surface area contributed by atoms with Crippen molar-refractivity contribution >= 4 is 21.6 Å². The van der Waals surface area contributed by atoms with Crippen LogP contribution in [0.1, 0.15) is 41.5 Å². The van der Waals surface area contributed by atoms with Gasteiger partial charge in [-0.3, -0.25) is 0 Å². The van der Waals surface area contributed by atoms with Gasteiger partial charge in [-0.2, -0.15) is 5.10 Å². The number of hydrogen-bond donors (Lipinski definition) is 2. The average molecular weight is 401 g/mol. The summed E-state index contributed by atoms with van der Waals surface area (Å²) in [5, 5.41) is 13.0. The maximum atomic E-state index is 13.0. The number of amides is 2. The largest absolute Gasteiger partial charge is 0.477 e. The third kappa shape index (κ3) is 2.89. The van der Waals surface area contributed by atoms with E-state index in [1.54, 1.807) is 4.68 Å². The molecule has 1 aromatic carbocycles. The Morgan fingerprint density at radius 1 is 1.18 bits per heavy atom. The lowest BCUT2D eigenvalue weighted by atomic mass is 9.99. The van der Waals surface area contributed by atoms with Crippen LogP contribution >= 0.6 is 0 Å². The molecule has 28 heavy (non-hydrogen) atoms. The Balaban J connectivity index is 1.49. The monoisotopic (exact) mass is 401 g/mol. The van der Waals surface area contributed by atoms with Crippen molar-refractivity contribution in [3.8, 4) is 5.88 Å². The van der Waals surface area contributed by atoms with Crippen molar-refractivity contribution in [3.05, 3.63) is 34.5 Å². The molecular weight excluding hydrogens is 378 g/mol. The number of carbonyl (C=O) groups excluding carboxylic acids is 1. The zero-order chi connectivity index (χ0) is 19.3.